The Balaban J connectivity index is 1.42. The minimum absolute atomic E-state index is 0.0171. The first-order valence-electron chi connectivity index (χ1n) is 12.9. The number of carbonyl (C=O) groups is 3. The molecule has 0 aliphatic carbocycles. The molecule has 1 heterocycles. The highest BCUT2D eigenvalue weighted by atomic mass is 16.2. The molecule has 1 aliphatic rings. The second-order valence-electron chi connectivity index (χ2n) is 9.56. The zero-order valence-electron chi connectivity index (χ0n) is 21.4. The van der Waals surface area contributed by atoms with Crippen LogP contribution in [0, 0.1) is 0 Å². The highest BCUT2D eigenvalue weighted by Crippen LogP contribution is 2.37. The van der Waals surface area contributed by atoms with E-state index < -0.39 is 6.04 Å². The number of hydrogen-bond donors (Lipinski definition) is 1. The molecule has 0 aromatic heterocycles. The van der Waals surface area contributed by atoms with Crippen molar-refractivity contribution in [3.63, 3.8) is 0 Å². The lowest BCUT2D eigenvalue weighted by molar-refractivity contribution is -0.140. The summed E-state index contributed by atoms with van der Waals surface area (Å²) < 4.78 is 0. The summed E-state index contributed by atoms with van der Waals surface area (Å²) in [6.45, 7) is 6.70. The quantitative estimate of drug-likeness (QED) is 0.418. The van der Waals surface area contributed by atoms with Gasteiger partial charge in [-0.25, -0.2) is 0 Å². The van der Waals surface area contributed by atoms with Gasteiger partial charge in [0.2, 0.25) is 11.8 Å². The van der Waals surface area contributed by atoms with Gasteiger partial charge in [-0.1, -0.05) is 61.5 Å². The largest absolute Gasteiger partial charge is 0.352 e. The van der Waals surface area contributed by atoms with Crippen molar-refractivity contribution >= 4 is 34.2 Å². The molecule has 0 spiro atoms. The molecule has 6 nitrogen and oxygen atoms in total. The zero-order valence-corrected chi connectivity index (χ0v) is 21.4. The van der Waals surface area contributed by atoms with E-state index in [1.54, 1.807) is 16.7 Å². The van der Waals surface area contributed by atoms with E-state index in [-0.39, 0.29) is 30.2 Å². The maximum absolute atomic E-state index is 13.4. The molecule has 6 heteroatoms. The maximum atomic E-state index is 13.4. The predicted octanol–water partition coefficient (Wildman–Crippen LogP) is 4.95. The van der Waals surface area contributed by atoms with Crippen LogP contribution in [0.1, 0.15) is 56.0 Å². The number of anilines is 1. The SMILES string of the molecule is CC[C@H](C)NC(=O)[C@@H](C)N(CCc1ccccc1)C(=O)CCCN1C(=O)c2cccc3cccc1c23. The van der Waals surface area contributed by atoms with E-state index >= 15 is 0 Å². The molecule has 3 amide bonds. The summed E-state index contributed by atoms with van der Waals surface area (Å²) >= 11 is 0. The van der Waals surface area contributed by atoms with Crippen molar-refractivity contribution in [2.75, 3.05) is 18.0 Å². The number of amides is 3. The molecule has 4 rings (SSSR count). The Kier molecular flexibility index (Phi) is 8.04. The molecule has 1 aliphatic heterocycles. The zero-order chi connectivity index (χ0) is 25.7. The van der Waals surface area contributed by atoms with Crippen LogP contribution in [-0.4, -0.2) is 47.8 Å². The van der Waals surface area contributed by atoms with Crippen molar-refractivity contribution in [2.45, 2.75) is 58.5 Å². The number of rotatable bonds is 11. The van der Waals surface area contributed by atoms with E-state index in [4.69, 9.17) is 0 Å². The van der Waals surface area contributed by atoms with Crippen LogP contribution in [0.25, 0.3) is 10.8 Å². The van der Waals surface area contributed by atoms with Crippen LogP contribution >= 0.6 is 0 Å². The Hall–Kier alpha value is -3.67. The molecule has 188 valence electrons. The van der Waals surface area contributed by atoms with Crippen LogP contribution in [0.4, 0.5) is 5.69 Å². The van der Waals surface area contributed by atoms with Gasteiger partial charge in [0.25, 0.3) is 5.91 Å². The predicted molar refractivity (Wildman–Crippen MR) is 144 cm³/mol. The minimum Gasteiger partial charge on any atom is -0.352 e. The van der Waals surface area contributed by atoms with Crippen LogP contribution in [0.3, 0.4) is 0 Å². The van der Waals surface area contributed by atoms with Crippen molar-refractivity contribution in [1.29, 1.82) is 0 Å². The summed E-state index contributed by atoms with van der Waals surface area (Å²) in [5, 5.41) is 5.03. The number of nitrogens with one attached hydrogen (secondary N) is 1. The van der Waals surface area contributed by atoms with E-state index in [2.05, 4.69) is 5.32 Å². The van der Waals surface area contributed by atoms with E-state index in [1.165, 1.54) is 0 Å². The molecule has 0 saturated carbocycles. The van der Waals surface area contributed by atoms with Crippen molar-refractivity contribution < 1.29 is 14.4 Å². The summed E-state index contributed by atoms with van der Waals surface area (Å²) in [4.78, 5) is 42.8. The van der Waals surface area contributed by atoms with E-state index in [0.29, 0.717) is 31.5 Å². The minimum atomic E-state index is -0.568. The summed E-state index contributed by atoms with van der Waals surface area (Å²) in [7, 11) is 0. The van der Waals surface area contributed by atoms with Gasteiger partial charge in [-0.2, -0.15) is 0 Å². The molecule has 3 aromatic rings. The van der Waals surface area contributed by atoms with E-state index in [0.717, 1.165) is 28.4 Å². The first-order valence-corrected chi connectivity index (χ1v) is 12.9. The Morgan fingerprint density at radius 2 is 1.69 bits per heavy atom. The van der Waals surface area contributed by atoms with Gasteiger partial charge in [-0.3, -0.25) is 14.4 Å². The number of nitrogens with zero attached hydrogens (tertiary/aromatic N) is 2. The van der Waals surface area contributed by atoms with Gasteiger partial charge >= 0.3 is 0 Å². The van der Waals surface area contributed by atoms with Crippen LogP contribution in [0.15, 0.2) is 66.7 Å². The van der Waals surface area contributed by atoms with Gasteiger partial charge < -0.3 is 15.1 Å². The standard InChI is InChI=1S/C30H35N3O3/c1-4-21(2)31-29(35)22(3)32(20-18-23-11-6-5-7-12-23)27(34)17-10-19-33-26-16-9-14-24-13-8-15-25(28(24)26)30(33)36/h5-9,11-16,21-22H,4,10,17-20H2,1-3H3,(H,31,35)/t21-,22+/m0/s1. The first kappa shape index (κ1) is 25.4. The number of carbonyl (C=O) groups excluding carboxylic acids is 3. The number of hydrogen-bond acceptors (Lipinski definition) is 3. The summed E-state index contributed by atoms with van der Waals surface area (Å²) in [5.41, 5.74) is 2.75. The maximum Gasteiger partial charge on any atom is 0.258 e. The molecule has 0 unspecified atom stereocenters. The average molecular weight is 486 g/mol. The second kappa shape index (κ2) is 11.4. The highest BCUT2D eigenvalue weighted by molar-refractivity contribution is 6.25. The normalized spacial score (nSPS) is 14.1. The molecule has 3 aromatic carbocycles. The molecule has 0 fully saturated rings. The molecule has 0 radical (unpaired) electrons. The Labute approximate surface area is 213 Å². The third kappa shape index (κ3) is 5.43. The van der Waals surface area contributed by atoms with Gasteiger partial charge in [0.1, 0.15) is 6.04 Å². The molecule has 36 heavy (non-hydrogen) atoms. The topological polar surface area (TPSA) is 69.7 Å². The smallest absolute Gasteiger partial charge is 0.258 e. The third-order valence-corrected chi connectivity index (χ3v) is 7.07. The van der Waals surface area contributed by atoms with Crippen LogP contribution in [0.5, 0.6) is 0 Å². The van der Waals surface area contributed by atoms with Gasteiger partial charge in [-0.15, -0.1) is 0 Å². The monoisotopic (exact) mass is 485 g/mol. The van der Waals surface area contributed by atoms with Gasteiger partial charge in [0.05, 0.1) is 5.69 Å². The molecular weight excluding hydrogens is 450 g/mol. The average Bonchev–Trinajstić information content (AvgIpc) is 3.17. The van der Waals surface area contributed by atoms with Crippen LogP contribution in [-0.2, 0) is 16.0 Å². The van der Waals surface area contributed by atoms with Crippen molar-refractivity contribution in [3.05, 3.63) is 77.9 Å². The molecular formula is C30H35N3O3. The Morgan fingerprint density at radius 1 is 0.972 bits per heavy atom. The molecule has 1 N–H and O–H groups in total. The second-order valence-corrected chi connectivity index (χ2v) is 9.56. The fraction of sp³-hybridized carbons (Fsp3) is 0.367. The van der Waals surface area contributed by atoms with Gasteiger partial charge in [-0.05, 0) is 56.2 Å². The van der Waals surface area contributed by atoms with E-state index in [1.807, 2.05) is 80.6 Å². The first-order chi connectivity index (χ1) is 17.4. The third-order valence-electron chi connectivity index (χ3n) is 7.07. The fourth-order valence-electron chi connectivity index (χ4n) is 4.77. The van der Waals surface area contributed by atoms with Gasteiger partial charge in [0.15, 0.2) is 0 Å². The lowest BCUT2D eigenvalue weighted by Crippen LogP contribution is -2.50. The molecule has 2 atom stereocenters. The molecule has 0 saturated heterocycles. The number of benzene rings is 3. The highest BCUT2D eigenvalue weighted by Gasteiger charge is 2.30. The summed E-state index contributed by atoms with van der Waals surface area (Å²) in [6.07, 6.45) is 2.30. The van der Waals surface area contributed by atoms with E-state index in [9.17, 15) is 14.4 Å². The van der Waals surface area contributed by atoms with Crippen molar-refractivity contribution in [2.24, 2.45) is 0 Å². The summed E-state index contributed by atoms with van der Waals surface area (Å²) in [6, 6.07) is 21.2. The van der Waals surface area contributed by atoms with Gasteiger partial charge in [0, 0.05) is 36.5 Å². The Morgan fingerprint density at radius 3 is 2.42 bits per heavy atom. The van der Waals surface area contributed by atoms with Crippen molar-refractivity contribution in [3.8, 4) is 0 Å². The molecule has 0 bridgehead atoms. The van der Waals surface area contributed by atoms with Crippen LogP contribution in [0.2, 0.25) is 0 Å². The lowest BCUT2D eigenvalue weighted by Gasteiger charge is -2.30. The van der Waals surface area contributed by atoms with Crippen LogP contribution < -0.4 is 10.2 Å². The lowest BCUT2D eigenvalue weighted by atomic mass is 10.1. The summed E-state index contributed by atoms with van der Waals surface area (Å²) in [5.74, 6) is -0.223. The van der Waals surface area contributed by atoms with Crippen molar-refractivity contribution in [1.82, 2.24) is 10.2 Å². The Bertz CT molecular complexity index is 1240. The fourth-order valence-corrected chi connectivity index (χ4v) is 4.77.